The first-order valence-electron chi connectivity index (χ1n) is 14.3. The van der Waals surface area contributed by atoms with Gasteiger partial charge in [-0.3, -0.25) is 9.80 Å². The third-order valence-electron chi connectivity index (χ3n) is 7.77. The predicted octanol–water partition coefficient (Wildman–Crippen LogP) is 6.92. The van der Waals surface area contributed by atoms with Gasteiger partial charge in [0.2, 0.25) is 0 Å². The fourth-order valence-electron chi connectivity index (χ4n) is 5.72. The largest absolute Gasteiger partial charge is 0.497 e. The van der Waals surface area contributed by atoms with Crippen LogP contribution in [0, 0.1) is 0 Å². The summed E-state index contributed by atoms with van der Waals surface area (Å²) in [5, 5.41) is 9.42. The van der Waals surface area contributed by atoms with E-state index in [-0.39, 0.29) is 30.7 Å². The summed E-state index contributed by atoms with van der Waals surface area (Å²) in [6.45, 7) is 7.36. The lowest BCUT2D eigenvalue weighted by molar-refractivity contribution is 0.106. The smallest absolute Gasteiger partial charge is 0.325 e. The van der Waals surface area contributed by atoms with Crippen molar-refractivity contribution < 1.29 is 19.4 Å². The quantitative estimate of drug-likeness (QED) is 0.277. The van der Waals surface area contributed by atoms with E-state index < -0.39 is 0 Å². The highest BCUT2D eigenvalue weighted by Crippen LogP contribution is 2.50. The van der Waals surface area contributed by atoms with Crippen LogP contribution in [0.2, 0.25) is 0 Å². The Morgan fingerprint density at radius 1 is 0.929 bits per heavy atom. The van der Waals surface area contributed by atoms with Crippen LogP contribution in [0.5, 0.6) is 11.5 Å². The van der Waals surface area contributed by atoms with Crippen molar-refractivity contribution in [2.24, 2.45) is 0 Å². The van der Waals surface area contributed by atoms with Gasteiger partial charge in [-0.25, -0.2) is 4.79 Å². The monoisotopic (exact) mass is 697 g/mol. The van der Waals surface area contributed by atoms with Gasteiger partial charge in [-0.1, -0.05) is 56.1 Å². The van der Waals surface area contributed by atoms with Gasteiger partial charge in [0, 0.05) is 59.2 Å². The SMILES string of the molecule is COc1ccc(C2=CC(c3ccc(Br)cc3)C(c3ccc(Br)cc3)N2C(=O)N2CCN(CCO)CC2)c(OC(C)C)c1. The molecule has 5 rings (SSSR count). The van der Waals surface area contributed by atoms with Crippen molar-refractivity contribution in [1.29, 1.82) is 0 Å². The third-order valence-corrected chi connectivity index (χ3v) is 8.83. The van der Waals surface area contributed by atoms with Crippen LogP contribution < -0.4 is 9.47 Å². The number of amides is 2. The number of methoxy groups -OCH3 is 1. The van der Waals surface area contributed by atoms with Gasteiger partial charge in [-0.15, -0.1) is 0 Å². The number of hydrogen-bond acceptors (Lipinski definition) is 5. The predicted molar refractivity (Wildman–Crippen MR) is 173 cm³/mol. The summed E-state index contributed by atoms with van der Waals surface area (Å²) in [5.41, 5.74) is 3.83. The first-order valence-corrected chi connectivity index (χ1v) is 15.9. The fourth-order valence-corrected chi connectivity index (χ4v) is 6.25. The number of β-amino-alcohol motifs (C(OH)–C–C–N with tert-alkyl or cyclic N) is 1. The van der Waals surface area contributed by atoms with Gasteiger partial charge in [0.1, 0.15) is 11.5 Å². The number of ether oxygens (including phenoxy) is 2. The van der Waals surface area contributed by atoms with Gasteiger partial charge in [-0.05, 0) is 67.4 Å². The lowest BCUT2D eigenvalue weighted by Crippen LogP contribution is -2.53. The van der Waals surface area contributed by atoms with Crippen LogP contribution in [0.15, 0.2) is 81.8 Å². The number of aliphatic hydroxyl groups is 1. The van der Waals surface area contributed by atoms with E-state index in [1.54, 1.807) is 7.11 Å². The Morgan fingerprint density at radius 2 is 1.55 bits per heavy atom. The highest BCUT2D eigenvalue weighted by molar-refractivity contribution is 9.10. The second kappa shape index (κ2) is 13.6. The van der Waals surface area contributed by atoms with Crippen LogP contribution in [0.4, 0.5) is 4.79 Å². The lowest BCUT2D eigenvalue weighted by Gasteiger charge is -2.40. The van der Waals surface area contributed by atoms with Crippen molar-refractivity contribution in [1.82, 2.24) is 14.7 Å². The maximum Gasteiger partial charge on any atom is 0.325 e. The van der Waals surface area contributed by atoms with Crippen molar-refractivity contribution in [3.63, 3.8) is 0 Å². The number of benzene rings is 3. The van der Waals surface area contributed by atoms with Crippen molar-refractivity contribution in [2.75, 3.05) is 46.4 Å². The Morgan fingerprint density at radius 3 is 2.12 bits per heavy atom. The summed E-state index contributed by atoms with van der Waals surface area (Å²) in [6.07, 6.45) is 2.15. The Kier molecular flexibility index (Phi) is 9.93. The van der Waals surface area contributed by atoms with Crippen molar-refractivity contribution >= 4 is 43.6 Å². The van der Waals surface area contributed by atoms with Gasteiger partial charge in [0.05, 0.1) is 31.6 Å². The van der Waals surface area contributed by atoms with Crippen molar-refractivity contribution in [3.8, 4) is 11.5 Å². The first-order chi connectivity index (χ1) is 20.3. The molecule has 222 valence electrons. The van der Waals surface area contributed by atoms with E-state index in [2.05, 4.69) is 67.1 Å². The number of aliphatic hydroxyl groups excluding tert-OH is 1. The molecule has 3 aromatic rings. The zero-order chi connectivity index (χ0) is 29.8. The minimum Gasteiger partial charge on any atom is -0.497 e. The van der Waals surface area contributed by atoms with Crippen LogP contribution in [0.25, 0.3) is 5.70 Å². The van der Waals surface area contributed by atoms with Crippen LogP contribution in [0.3, 0.4) is 0 Å². The second-order valence-electron chi connectivity index (χ2n) is 10.9. The second-order valence-corrected chi connectivity index (χ2v) is 12.7. The summed E-state index contributed by atoms with van der Waals surface area (Å²) < 4.78 is 13.8. The number of rotatable bonds is 8. The molecule has 1 fully saturated rings. The average Bonchev–Trinajstić information content (AvgIpc) is 3.38. The van der Waals surface area contributed by atoms with Crippen LogP contribution in [0.1, 0.15) is 42.5 Å². The number of nitrogens with zero attached hydrogens (tertiary/aromatic N) is 3. The van der Waals surface area contributed by atoms with Crippen molar-refractivity contribution in [3.05, 3.63) is 98.4 Å². The molecule has 2 heterocycles. The van der Waals surface area contributed by atoms with E-state index in [0.29, 0.717) is 31.1 Å². The summed E-state index contributed by atoms with van der Waals surface area (Å²) >= 11 is 7.16. The highest BCUT2D eigenvalue weighted by atomic mass is 79.9. The number of halogens is 2. The summed E-state index contributed by atoms with van der Waals surface area (Å²) in [4.78, 5) is 20.7. The third kappa shape index (κ3) is 6.70. The molecule has 2 aliphatic rings. The Bertz CT molecular complexity index is 1400. The number of piperazine rings is 1. The van der Waals surface area contributed by atoms with Gasteiger partial charge in [-0.2, -0.15) is 0 Å². The molecule has 0 bridgehead atoms. The molecule has 2 aliphatic heterocycles. The Balaban J connectivity index is 1.65. The van der Waals surface area contributed by atoms with Crippen LogP contribution in [-0.2, 0) is 0 Å². The lowest BCUT2D eigenvalue weighted by atomic mass is 9.88. The molecule has 2 atom stereocenters. The molecule has 0 saturated carbocycles. The first kappa shape index (κ1) is 30.6. The average molecular weight is 699 g/mol. The molecular formula is C33H37Br2N3O4. The van der Waals surface area contributed by atoms with Gasteiger partial charge in [0.15, 0.2) is 0 Å². The van der Waals surface area contributed by atoms with Crippen molar-refractivity contribution in [2.45, 2.75) is 31.9 Å². The molecule has 0 spiro atoms. The van der Waals surface area contributed by atoms with E-state index in [4.69, 9.17) is 9.47 Å². The zero-order valence-electron chi connectivity index (χ0n) is 24.2. The Labute approximate surface area is 265 Å². The summed E-state index contributed by atoms with van der Waals surface area (Å²) in [5.74, 6) is 1.27. The van der Waals surface area contributed by atoms with E-state index in [1.807, 2.05) is 66.1 Å². The molecule has 9 heteroatoms. The number of hydrogen-bond donors (Lipinski definition) is 1. The molecule has 0 aromatic heterocycles. The van der Waals surface area contributed by atoms with Gasteiger partial charge >= 0.3 is 6.03 Å². The molecule has 1 N–H and O–H groups in total. The minimum absolute atomic E-state index is 0.0382. The molecule has 0 radical (unpaired) electrons. The number of urea groups is 1. The Hall–Kier alpha value is -2.85. The molecular weight excluding hydrogens is 662 g/mol. The topological polar surface area (TPSA) is 65.5 Å². The maximum atomic E-state index is 14.6. The molecule has 0 aliphatic carbocycles. The van der Waals surface area contributed by atoms with Gasteiger partial charge in [0.25, 0.3) is 0 Å². The van der Waals surface area contributed by atoms with E-state index >= 15 is 0 Å². The number of carbonyl (C=O) groups excluding carboxylic acids is 1. The molecule has 2 amide bonds. The van der Waals surface area contributed by atoms with E-state index in [0.717, 1.165) is 44.4 Å². The summed E-state index contributed by atoms with van der Waals surface area (Å²) in [7, 11) is 1.64. The van der Waals surface area contributed by atoms with Crippen LogP contribution >= 0.6 is 31.9 Å². The fraction of sp³-hybridized carbons (Fsp3) is 0.364. The molecule has 1 saturated heterocycles. The maximum absolute atomic E-state index is 14.6. The molecule has 2 unspecified atom stereocenters. The number of carbonyl (C=O) groups is 1. The van der Waals surface area contributed by atoms with E-state index in [9.17, 15) is 9.90 Å². The summed E-state index contributed by atoms with van der Waals surface area (Å²) in [6, 6.07) is 22.1. The standard InChI is InChI=1S/C33H37Br2N3O4/c1-22(2)42-31-20-27(41-3)12-13-28(31)30-21-29(23-4-8-25(34)9-5-23)32(24-6-10-26(35)11-7-24)38(30)33(40)37-16-14-36(15-17-37)18-19-39/h4-13,20-22,29,32,39H,14-19H2,1-3H3. The highest BCUT2D eigenvalue weighted by Gasteiger charge is 2.43. The van der Waals surface area contributed by atoms with Gasteiger partial charge < -0.3 is 19.5 Å². The normalized spacial score (nSPS) is 19.3. The zero-order valence-corrected chi connectivity index (χ0v) is 27.3. The molecule has 42 heavy (non-hydrogen) atoms. The van der Waals surface area contributed by atoms with E-state index in [1.165, 1.54) is 0 Å². The molecule has 7 nitrogen and oxygen atoms in total. The molecule has 3 aromatic carbocycles. The minimum atomic E-state index is -0.272. The van der Waals surface area contributed by atoms with Crippen LogP contribution in [-0.4, -0.2) is 78.4 Å².